The molecular weight excluding hydrogens is 340 g/mol. The highest BCUT2D eigenvalue weighted by molar-refractivity contribution is 5.91. The second-order valence-electron chi connectivity index (χ2n) is 7.28. The van der Waals surface area contributed by atoms with E-state index in [1.807, 2.05) is 18.2 Å². The second-order valence-corrected chi connectivity index (χ2v) is 7.28. The molecule has 2 aliphatic rings. The second kappa shape index (κ2) is 8.01. The molecule has 2 N–H and O–H groups in total. The van der Waals surface area contributed by atoms with Gasteiger partial charge in [-0.25, -0.2) is 0 Å². The molecule has 2 heterocycles. The molecule has 0 spiro atoms. The molecule has 0 radical (unpaired) electrons. The Morgan fingerprint density at radius 1 is 1.11 bits per heavy atom. The van der Waals surface area contributed by atoms with Crippen molar-refractivity contribution < 1.29 is 19.2 Å². The lowest BCUT2D eigenvalue weighted by molar-refractivity contribution is -0.910. The van der Waals surface area contributed by atoms with Crippen LogP contribution in [0.4, 0.5) is 5.69 Å². The van der Waals surface area contributed by atoms with Gasteiger partial charge in [0.1, 0.15) is 19.3 Å². The predicted molar refractivity (Wildman–Crippen MR) is 105 cm³/mol. The Morgan fingerprint density at radius 2 is 1.89 bits per heavy atom. The van der Waals surface area contributed by atoms with Crippen LogP contribution in [0.1, 0.15) is 36.9 Å². The number of benzene rings is 2. The van der Waals surface area contributed by atoms with Gasteiger partial charge in [-0.15, -0.1) is 0 Å². The Bertz CT molecular complexity index is 804. The van der Waals surface area contributed by atoms with E-state index in [9.17, 15) is 4.79 Å². The predicted octanol–water partition coefficient (Wildman–Crippen LogP) is 2.38. The van der Waals surface area contributed by atoms with Crippen molar-refractivity contribution in [1.29, 1.82) is 0 Å². The molecule has 0 aromatic heterocycles. The monoisotopic (exact) mass is 367 g/mol. The molecule has 5 nitrogen and oxygen atoms in total. The van der Waals surface area contributed by atoms with Crippen LogP contribution >= 0.6 is 0 Å². The number of carbonyl (C=O) groups is 1. The third-order valence-electron chi connectivity index (χ3n) is 5.49. The molecule has 5 heteroatoms. The maximum absolute atomic E-state index is 12.6. The van der Waals surface area contributed by atoms with Gasteiger partial charge in [-0.05, 0) is 42.3 Å². The summed E-state index contributed by atoms with van der Waals surface area (Å²) in [6, 6.07) is 14.6. The molecule has 1 amide bonds. The summed E-state index contributed by atoms with van der Waals surface area (Å²) in [5, 5.41) is 3.04. The number of ether oxygens (including phenoxy) is 2. The van der Waals surface area contributed by atoms with Crippen molar-refractivity contribution in [3.05, 3.63) is 53.6 Å². The number of aryl methyl sites for hydroxylation is 1. The molecule has 1 saturated heterocycles. The van der Waals surface area contributed by atoms with Crippen LogP contribution in [0.25, 0.3) is 0 Å². The van der Waals surface area contributed by atoms with E-state index in [1.54, 1.807) is 0 Å². The lowest BCUT2D eigenvalue weighted by atomic mass is 10.0. The van der Waals surface area contributed by atoms with Gasteiger partial charge >= 0.3 is 0 Å². The number of hydrogen-bond acceptors (Lipinski definition) is 3. The number of anilines is 1. The summed E-state index contributed by atoms with van der Waals surface area (Å²) in [6.07, 6.45) is 3.23. The van der Waals surface area contributed by atoms with Gasteiger partial charge in [-0.1, -0.05) is 19.1 Å². The normalized spacial score (nSPS) is 21.1. The van der Waals surface area contributed by atoms with E-state index >= 15 is 0 Å². The Labute approximate surface area is 160 Å². The standard InChI is InChI=1S/C22H26N2O3/c1-2-16-5-8-18(9-6-16)23-22(25)15-24-11-3-4-19(24)17-7-10-20-21(14-17)27-13-12-26-20/h5-10,14,19H,2-4,11-13,15H2,1H3,(H,23,25)/p+1/t19-/m1/s1. The average Bonchev–Trinajstić information content (AvgIpc) is 3.16. The summed E-state index contributed by atoms with van der Waals surface area (Å²) in [5.41, 5.74) is 3.37. The smallest absolute Gasteiger partial charge is 0.279 e. The van der Waals surface area contributed by atoms with Gasteiger partial charge in [0.05, 0.1) is 6.54 Å². The third kappa shape index (κ3) is 4.08. The van der Waals surface area contributed by atoms with Gasteiger partial charge in [0.25, 0.3) is 5.91 Å². The summed E-state index contributed by atoms with van der Waals surface area (Å²) in [5.74, 6) is 1.71. The van der Waals surface area contributed by atoms with Crippen molar-refractivity contribution >= 4 is 11.6 Å². The van der Waals surface area contributed by atoms with Crippen LogP contribution in [-0.4, -0.2) is 32.2 Å². The zero-order valence-corrected chi connectivity index (χ0v) is 15.8. The fourth-order valence-electron chi connectivity index (χ4n) is 4.04. The highest BCUT2D eigenvalue weighted by atomic mass is 16.6. The minimum atomic E-state index is 0.0682. The molecule has 0 aliphatic carbocycles. The molecule has 0 saturated carbocycles. The van der Waals surface area contributed by atoms with E-state index in [0.29, 0.717) is 25.8 Å². The fraction of sp³-hybridized carbons (Fsp3) is 0.409. The molecule has 4 rings (SSSR count). The minimum absolute atomic E-state index is 0.0682. The Balaban J connectivity index is 1.41. The van der Waals surface area contributed by atoms with E-state index in [2.05, 4.69) is 36.5 Å². The highest BCUT2D eigenvalue weighted by Gasteiger charge is 2.32. The molecule has 2 atom stereocenters. The number of quaternary nitrogens is 1. The summed E-state index contributed by atoms with van der Waals surface area (Å²) in [6.45, 7) is 4.82. The van der Waals surface area contributed by atoms with Crippen molar-refractivity contribution in [3.63, 3.8) is 0 Å². The van der Waals surface area contributed by atoms with Crippen LogP contribution in [0.3, 0.4) is 0 Å². The third-order valence-corrected chi connectivity index (χ3v) is 5.49. The molecule has 2 aliphatic heterocycles. The quantitative estimate of drug-likeness (QED) is 0.853. The average molecular weight is 367 g/mol. The van der Waals surface area contributed by atoms with Crippen LogP contribution in [0.15, 0.2) is 42.5 Å². The number of likely N-dealkylation sites (tertiary alicyclic amines) is 1. The van der Waals surface area contributed by atoms with Crippen molar-refractivity contribution in [2.45, 2.75) is 32.2 Å². The SMILES string of the molecule is CCc1ccc(NC(=O)C[NH+]2CCC[C@@H]2c2ccc3c(c2)OCCO3)cc1. The van der Waals surface area contributed by atoms with Gasteiger partial charge in [-0.2, -0.15) is 0 Å². The van der Waals surface area contributed by atoms with Gasteiger partial charge in [-0.3, -0.25) is 4.79 Å². The maximum Gasteiger partial charge on any atom is 0.279 e. The summed E-state index contributed by atoms with van der Waals surface area (Å²) in [7, 11) is 0. The summed E-state index contributed by atoms with van der Waals surface area (Å²) in [4.78, 5) is 13.9. The topological polar surface area (TPSA) is 52.0 Å². The van der Waals surface area contributed by atoms with Crippen molar-refractivity contribution in [3.8, 4) is 11.5 Å². The van der Waals surface area contributed by atoms with E-state index in [0.717, 1.165) is 43.0 Å². The lowest BCUT2D eigenvalue weighted by Crippen LogP contribution is -3.11. The maximum atomic E-state index is 12.6. The molecule has 1 unspecified atom stereocenters. The van der Waals surface area contributed by atoms with Gasteiger partial charge in [0.2, 0.25) is 0 Å². The first kappa shape index (κ1) is 17.9. The number of carbonyl (C=O) groups excluding carboxylic acids is 1. The molecular formula is C22H27N2O3+. The van der Waals surface area contributed by atoms with Crippen LogP contribution in [0, 0.1) is 0 Å². The molecule has 27 heavy (non-hydrogen) atoms. The molecule has 142 valence electrons. The van der Waals surface area contributed by atoms with E-state index in [1.165, 1.54) is 16.0 Å². The minimum Gasteiger partial charge on any atom is -0.486 e. The zero-order chi connectivity index (χ0) is 18.6. The number of amides is 1. The first-order chi connectivity index (χ1) is 13.2. The summed E-state index contributed by atoms with van der Waals surface area (Å²) < 4.78 is 11.3. The van der Waals surface area contributed by atoms with E-state index < -0.39 is 0 Å². The number of hydrogen-bond donors (Lipinski definition) is 2. The molecule has 1 fully saturated rings. The van der Waals surface area contributed by atoms with Gasteiger partial charge < -0.3 is 19.7 Å². The first-order valence-corrected chi connectivity index (χ1v) is 9.86. The number of nitrogens with one attached hydrogen (secondary N) is 2. The Morgan fingerprint density at radius 3 is 2.67 bits per heavy atom. The van der Waals surface area contributed by atoms with Crippen LogP contribution in [0.5, 0.6) is 11.5 Å². The molecule has 0 bridgehead atoms. The van der Waals surface area contributed by atoms with Crippen molar-refractivity contribution in [2.75, 3.05) is 31.6 Å². The van der Waals surface area contributed by atoms with Crippen molar-refractivity contribution in [1.82, 2.24) is 0 Å². The van der Waals surface area contributed by atoms with Crippen LogP contribution < -0.4 is 19.7 Å². The lowest BCUT2D eigenvalue weighted by Gasteiger charge is -2.24. The van der Waals surface area contributed by atoms with Crippen molar-refractivity contribution in [2.24, 2.45) is 0 Å². The van der Waals surface area contributed by atoms with E-state index in [-0.39, 0.29) is 5.91 Å². The molecule has 2 aromatic rings. The highest BCUT2D eigenvalue weighted by Crippen LogP contribution is 2.33. The fourth-order valence-corrected chi connectivity index (χ4v) is 4.04. The largest absolute Gasteiger partial charge is 0.486 e. The van der Waals surface area contributed by atoms with Gasteiger partial charge in [0, 0.05) is 24.1 Å². The van der Waals surface area contributed by atoms with Crippen LogP contribution in [-0.2, 0) is 11.2 Å². The number of rotatable bonds is 5. The van der Waals surface area contributed by atoms with Crippen LogP contribution in [0.2, 0.25) is 0 Å². The Hall–Kier alpha value is -2.53. The molecule has 2 aromatic carbocycles. The summed E-state index contributed by atoms with van der Waals surface area (Å²) >= 11 is 0. The number of fused-ring (bicyclic) bond motifs is 1. The zero-order valence-electron chi connectivity index (χ0n) is 15.8. The Kier molecular flexibility index (Phi) is 5.30. The van der Waals surface area contributed by atoms with E-state index in [4.69, 9.17) is 9.47 Å². The van der Waals surface area contributed by atoms with Gasteiger partial charge in [0.15, 0.2) is 18.0 Å². The first-order valence-electron chi connectivity index (χ1n) is 9.86.